The highest BCUT2D eigenvalue weighted by Crippen LogP contribution is 2.38. The molecule has 24 heavy (non-hydrogen) atoms. The first kappa shape index (κ1) is 17.6. The summed E-state index contributed by atoms with van der Waals surface area (Å²) in [5.41, 5.74) is 11.5. The predicted octanol–water partition coefficient (Wildman–Crippen LogP) is 6.14. The molecule has 0 radical (unpaired) electrons. The van der Waals surface area contributed by atoms with Gasteiger partial charge in [0.1, 0.15) is 0 Å². The third-order valence-electron chi connectivity index (χ3n) is 6.37. The Morgan fingerprint density at radius 3 is 1.67 bits per heavy atom. The predicted molar refractivity (Wildman–Crippen MR) is 106 cm³/mol. The molecule has 0 spiro atoms. The van der Waals surface area contributed by atoms with Crippen LogP contribution in [0.5, 0.6) is 0 Å². The van der Waals surface area contributed by atoms with Crippen molar-refractivity contribution < 1.29 is 0 Å². The lowest BCUT2D eigenvalue weighted by atomic mass is 9.95. The molecule has 1 aromatic carbocycles. The summed E-state index contributed by atoms with van der Waals surface area (Å²) in [6.07, 6.45) is 16.7. The van der Waals surface area contributed by atoms with Crippen LogP contribution >= 0.6 is 0 Å². The molecule has 0 amide bonds. The van der Waals surface area contributed by atoms with Crippen LogP contribution in [0.3, 0.4) is 0 Å². The molecule has 2 N–H and O–H groups in total. The number of hydrogen-bond acceptors (Lipinski definition) is 2. The van der Waals surface area contributed by atoms with E-state index in [0.717, 1.165) is 17.8 Å². The van der Waals surface area contributed by atoms with Gasteiger partial charge in [0.15, 0.2) is 0 Å². The van der Waals surface area contributed by atoms with E-state index in [2.05, 4.69) is 30.9 Å². The zero-order chi connectivity index (χ0) is 16.9. The van der Waals surface area contributed by atoms with E-state index in [1.165, 1.54) is 93.9 Å². The largest absolute Gasteiger partial charge is 0.398 e. The summed E-state index contributed by atoms with van der Waals surface area (Å²) in [5.74, 6) is 0. The average molecular weight is 329 g/mol. The summed E-state index contributed by atoms with van der Waals surface area (Å²) in [6, 6.07) is 5.76. The number of nitrogens with two attached hydrogens (primary N) is 1. The molecule has 0 heterocycles. The first-order valence-electron chi connectivity index (χ1n) is 10.3. The van der Waals surface area contributed by atoms with Crippen molar-refractivity contribution >= 4 is 11.4 Å². The van der Waals surface area contributed by atoms with Gasteiger partial charge in [-0.1, -0.05) is 57.4 Å². The topological polar surface area (TPSA) is 29.3 Å². The first-order chi connectivity index (χ1) is 11.7. The SMILES string of the molecule is Cc1ccc(N)c(C)c1N(C1CCCCCC1)C1CCCCCC1. The normalized spacial score (nSPS) is 21.2. The number of rotatable bonds is 3. The van der Waals surface area contributed by atoms with Gasteiger partial charge in [-0.05, 0) is 56.7 Å². The van der Waals surface area contributed by atoms with Gasteiger partial charge >= 0.3 is 0 Å². The van der Waals surface area contributed by atoms with Crippen LogP contribution in [0.2, 0.25) is 0 Å². The Labute approximate surface area is 148 Å². The van der Waals surface area contributed by atoms with E-state index in [-0.39, 0.29) is 0 Å². The Kier molecular flexibility index (Phi) is 6.08. The molecule has 0 aliphatic heterocycles. The van der Waals surface area contributed by atoms with E-state index in [1.54, 1.807) is 0 Å². The molecule has 134 valence electrons. The van der Waals surface area contributed by atoms with Crippen molar-refractivity contribution in [3.8, 4) is 0 Å². The molecular weight excluding hydrogens is 292 g/mol. The molecule has 0 saturated heterocycles. The van der Waals surface area contributed by atoms with Gasteiger partial charge in [-0.2, -0.15) is 0 Å². The number of aryl methyl sites for hydroxylation is 1. The number of nitrogen functional groups attached to an aromatic ring is 1. The molecule has 2 fully saturated rings. The highest BCUT2D eigenvalue weighted by molar-refractivity contribution is 5.69. The lowest BCUT2D eigenvalue weighted by Gasteiger charge is -2.42. The molecule has 0 unspecified atom stereocenters. The maximum atomic E-state index is 6.32. The Balaban J connectivity index is 1.99. The van der Waals surface area contributed by atoms with Gasteiger partial charge in [-0.15, -0.1) is 0 Å². The van der Waals surface area contributed by atoms with Gasteiger partial charge in [-0.3, -0.25) is 0 Å². The van der Waals surface area contributed by atoms with Crippen molar-refractivity contribution in [2.75, 3.05) is 10.6 Å². The summed E-state index contributed by atoms with van der Waals surface area (Å²) >= 11 is 0. The van der Waals surface area contributed by atoms with Crippen LogP contribution in [-0.4, -0.2) is 12.1 Å². The van der Waals surface area contributed by atoms with Gasteiger partial charge in [0, 0.05) is 23.5 Å². The highest BCUT2D eigenvalue weighted by atomic mass is 15.2. The zero-order valence-electron chi connectivity index (χ0n) is 15.8. The number of hydrogen-bond donors (Lipinski definition) is 1. The summed E-state index contributed by atoms with van der Waals surface area (Å²) in [5, 5.41) is 0. The van der Waals surface area contributed by atoms with Crippen LogP contribution in [0.25, 0.3) is 0 Å². The van der Waals surface area contributed by atoms with E-state index in [1.807, 2.05) is 0 Å². The molecule has 2 saturated carbocycles. The van der Waals surface area contributed by atoms with E-state index in [4.69, 9.17) is 5.73 Å². The minimum absolute atomic E-state index is 0.717. The smallest absolute Gasteiger partial charge is 0.0451 e. The molecule has 2 aliphatic rings. The minimum Gasteiger partial charge on any atom is -0.398 e. The Morgan fingerprint density at radius 2 is 1.21 bits per heavy atom. The van der Waals surface area contributed by atoms with Gasteiger partial charge in [0.2, 0.25) is 0 Å². The van der Waals surface area contributed by atoms with Crippen molar-refractivity contribution in [3.05, 3.63) is 23.3 Å². The van der Waals surface area contributed by atoms with Crippen LogP contribution in [-0.2, 0) is 0 Å². The standard InChI is InChI=1S/C22H36N2/c1-17-15-16-21(23)18(2)22(17)24(19-11-7-3-4-8-12-19)20-13-9-5-6-10-14-20/h15-16,19-20H,3-14,23H2,1-2H3. The third-order valence-corrected chi connectivity index (χ3v) is 6.37. The summed E-state index contributed by atoms with van der Waals surface area (Å²) < 4.78 is 0. The average Bonchev–Trinajstić information content (AvgIpc) is 3.00. The highest BCUT2D eigenvalue weighted by Gasteiger charge is 2.30. The fraction of sp³-hybridized carbons (Fsp3) is 0.727. The van der Waals surface area contributed by atoms with E-state index in [9.17, 15) is 0 Å². The summed E-state index contributed by atoms with van der Waals surface area (Å²) in [4.78, 5) is 2.86. The number of anilines is 2. The lowest BCUT2D eigenvalue weighted by Crippen LogP contribution is -2.44. The van der Waals surface area contributed by atoms with Crippen LogP contribution in [0, 0.1) is 13.8 Å². The van der Waals surface area contributed by atoms with Crippen LogP contribution in [0.1, 0.15) is 88.2 Å². The Bertz CT molecular complexity index is 501. The molecule has 0 bridgehead atoms. The molecule has 2 heteroatoms. The number of nitrogens with zero attached hydrogens (tertiary/aromatic N) is 1. The summed E-state index contributed by atoms with van der Waals surface area (Å²) in [6.45, 7) is 4.51. The van der Waals surface area contributed by atoms with Gasteiger partial charge in [-0.25, -0.2) is 0 Å². The first-order valence-corrected chi connectivity index (χ1v) is 10.3. The summed E-state index contributed by atoms with van der Waals surface area (Å²) in [7, 11) is 0. The fourth-order valence-corrected chi connectivity index (χ4v) is 4.98. The van der Waals surface area contributed by atoms with Crippen molar-refractivity contribution in [3.63, 3.8) is 0 Å². The maximum Gasteiger partial charge on any atom is 0.0451 e. The van der Waals surface area contributed by atoms with E-state index >= 15 is 0 Å². The van der Waals surface area contributed by atoms with E-state index in [0.29, 0.717) is 0 Å². The third kappa shape index (κ3) is 3.90. The molecule has 3 rings (SSSR count). The maximum absolute atomic E-state index is 6.32. The second-order valence-electron chi connectivity index (χ2n) is 8.14. The zero-order valence-corrected chi connectivity index (χ0v) is 15.8. The second kappa shape index (κ2) is 8.27. The molecular formula is C22H36N2. The Morgan fingerprint density at radius 1 is 0.750 bits per heavy atom. The monoisotopic (exact) mass is 328 g/mol. The molecule has 0 atom stereocenters. The van der Waals surface area contributed by atoms with Gasteiger partial charge in [0.05, 0.1) is 0 Å². The van der Waals surface area contributed by atoms with E-state index < -0.39 is 0 Å². The molecule has 2 nitrogen and oxygen atoms in total. The van der Waals surface area contributed by atoms with Crippen molar-refractivity contribution in [2.45, 2.75) is 103 Å². The minimum atomic E-state index is 0.717. The van der Waals surface area contributed by atoms with Gasteiger partial charge in [0.25, 0.3) is 0 Å². The number of benzene rings is 1. The van der Waals surface area contributed by atoms with Crippen molar-refractivity contribution in [2.24, 2.45) is 0 Å². The Hall–Kier alpha value is -1.18. The van der Waals surface area contributed by atoms with Crippen molar-refractivity contribution in [1.82, 2.24) is 0 Å². The van der Waals surface area contributed by atoms with Gasteiger partial charge < -0.3 is 10.6 Å². The molecule has 0 aromatic heterocycles. The van der Waals surface area contributed by atoms with Crippen molar-refractivity contribution in [1.29, 1.82) is 0 Å². The fourth-order valence-electron chi connectivity index (χ4n) is 4.98. The molecule has 2 aliphatic carbocycles. The molecule has 1 aromatic rings. The second-order valence-corrected chi connectivity index (χ2v) is 8.14. The van der Waals surface area contributed by atoms with Crippen LogP contribution in [0.4, 0.5) is 11.4 Å². The van der Waals surface area contributed by atoms with Crippen LogP contribution in [0.15, 0.2) is 12.1 Å². The quantitative estimate of drug-likeness (QED) is 0.533. The lowest BCUT2D eigenvalue weighted by molar-refractivity contribution is 0.431. The van der Waals surface area contributed by atoms with Crippen LogP contribution < -0.4 is 10.6 Å².